The lowest BCUT2D eigenvalue weighted by atomic mass is 11.8. The highest BCUT2D eigenvalue weighted by Gasteiger charge is 2.46. The summed E-state index contributed by atoms with van der Waals surface area (Å²) in [4.78, 5) is 0. The third kappa shape index (κ3) is 2.91. The van der Waals surface area contributed by atoms with E-state index in [1.807, 2.05) is 54.9 Å². The molecule has 0 aromatic rings. The van der Waals surface area contributed by atoms with E-state index < -0.39 is 0 Å². The molecule has 1 heterocycles. The van der Waals surface area contributed by atoms with Gasteiger partial charge >= 0.3 is 0 Å². The molecule has 1 saturated heterocycles. The Morgan fingerprint density at radius 1 is 1.56 bits per heavy atom. The van der Waals surface area contributed by atoms with Gasteiger partial charge in [0.2, 0.25) is 0 Å². The van der Waals surface area contributed by atoms with Gasteiger partial charge in [0, 0.05) is 5.08 Å². The van der Waals surface area contributed by atoms with Crippen molar-refractivity contribution in [2.24, 2.45) is 0 Å². The molecule has 9 heavy (non-hydrogen) atoms. The highest BCUT2D eigenvalue weighted by Crippen LogP contribution is 2.78. The first-order valence-corrected chi connectivity index (χ1v) is 8.49. The quantitative estimate of drug-likeness (QED) is 0.340. The van der Waals surface area contributed by atoms with Crippen LogP contribution in [0.1, 0.15) is 0 Å². The highest BCUT2D eigenvalue weighted by molar-refractivity contribution is 9.07. The summed E-state index contributed by atoms with van der Waals surface area (Å²) in [5, 5.41) is 0.911. The van der Waals surface area contributed by atoms with Crippen LogP contribution in [-0.4, -0.2) is 14.1 Å². The van der Waals surface area contributed by atoms with Crippen LogP contribution in [0.3, 0.4) is 0 Å². The Bertz CT molecular complexity index is 88.3. The van der Waals surface area contributed by atoms with Gasteiger partial charge in [0.25, 0.3) is 0 Å². The van der Waals surface area contributed by atoms with E-state index in [2.05, 4.69) is 18.9 Å². The van der Waals surface area contributed by atoms with Gasteiger partial charge in [-0.05, 0) is 27.8 Å². The monoisotopic (exact) mass is 234 g/mol. The molecule has 1 aliphatic rings. The molecule has 0 amide bonds. The zero-order valence-electron chi connectivity index (χ0n) is 4.70. The number of thioether (sulfide) groups is 1. The lowest BCUT2D eigenvalue weighted by molar-refractivity contribution is 2.00. The van der Waals surface area contributed by atoms with Gasteiger partial charge in [0.15, 0.2) is 2.74 Å². The number of hydrogen-bond donors (Lipinski definition) is 1. The van der Waals surface area contributed by atoms with Crippen LogP contribution in [0.15, 0.2) is 0 Å². The van der Waals surface area contributed by atoms with Crippen molar-refractivity contribution in [1.29, 1.82) is 0 Å². The van der Waals surface area contributed by atoms with Gasteiger partial charge in [-0.3, -0.25) is 0 Å². The van der Waals surface area contributed by atoms with Crippen LogP contribution >= 0.6 is 67.6 Å². The topological polar surface area (TPSA) is 0 Å². The van der Waals surface area contributed by atoms with Crippen LogP contribution in [-0.2, 0) is 0 Å². The molecule has 0 unspecified atom stereocenters. The van der Waals surface area contributed by atoms with E-state index in [-0.39, 0.29) is 0 Å². The first-order valence-electron chi connectivity index (χ1n) is 2.16. The highest BCUT2D eigenvalue weighted by atomic mass is 33.2. The van der Waals surface area contributed by atoms with Gasteiger partial charge in [-0.1, -0.05) is 21.6 Å². The molecule has 0 N–H and O–H groups in total. The predicted molar refractivity (Wildman–Crippen MR) is 60.5 cm³/mol. The zero-order chi connectivity index (χ0) is 6.74. The molecule has 0 saturated carbocycles. The third-order valence-electron chi connectivity index (χ3n) is 0.683. The Balaban J connectivity index is 2.10. The number of thiol groups is 1. The molecule has 0 bridgehead atoms. The van der Waals surface area contributed by atoms with Crippen LogP contribution in [0.4, 0.5) is 0 Å². The maximum Gasteiger partial charge on any atom is 0.182 e. The standard InChI is InChI=1S/C3H6S6/c1-5-3(8-9-3)7-6-2-4/h4H,2H2,1H3. The smallest absolute Gasteiger partial charge is 0.167 e. The van der Waals surface area contributed by atoms with E-state index in [0.29, 0.717) is 2.74 Å². The summed E-state index contributed by atoms with van der Waals surface area (Å²) in [5.41, 5.74) is 0. The molecule has 1 fully saturated rings. The molecule has 1 rings (SSSR count). The zero-order valence-corrected chi connectivity index (χ0v) is 9.67. The third-order valence-corrected chi connectivity index (χ3v) is 11.4. The summed E-state index contributed by atoms with van der Waals surface area (Å²) in [6.45, 7) is 0. The Morgan fingerprint density at radius 2 is 2.22 bits per heavy atom. The molecular weight excluding hydrogens is 228 g/mol. The Morgan fingerprint density at radius 3 is 2.56 bits per heavy atom. The SMILES string of the molecule is CSC1(SSCS)SS1. The fourth-order valence-corrected chi connectivity index (χ4v) is 8.58. The lowest BCUT2D eigenvalue weighted by Gasteiger charge is -2.03. The van der Waals surface area contributed by atoms with Crippen molar-refractivity contribution in [3.8, 4) is 0 Å². The van der Waals surface area contributed by atoms with Crippen LogP contribution in [0.2, 0.25) is 0 Å². The Labute approximate surface area is 81.0 Å². The maximum atomic E-state index is 4.11. The number of rotatable bonds is 4. The first-order chi connectivity index (χ1) is 4.33. The molecule has 0 aromatic heterocycles. The summed E-state index contributed by atoms with van der Waals surface area (Å²) in [6.07, 6.45) is 2.15. The van der Waals surface area contributed by atoms with Gasteiger partial charge in [-0.25, -0.2) is 0 Å². The van der Waals surface area contributed by atoms with E-state index in [0.717, 1.165) is 5.08 Å². The van der Waals surface area contributed by atoms with Crippen molar-refractivity contribution >= 4 is 67.6 Å². The van der Waals surface area contributed by atoms with E-state index in [1.165, 1.54) is 0 Å². The van der Waals surface area contributed by atoms with Crippen LogP contribution in [0, 0.1) is 0 Å². The Kier molecular flexibility index (Phi) is 4.30. The molecule has 0 aromatic carbocycles. The molecule has 0 aliphatic carbocycles. The summed E-state index contributed by atoms with van der Waals surface area (Å²) < 4.78 is 0.424. The van der Waals surface area contributed by atoms with Gasteiger partial charge in [-0.2, -0.15) is 12.6 Å². The van der Waals surface area contributed by atoms with Crippen molar-refractivity contribution in [1.82, 2.24) is 0 Å². The van der Waals surface area contributed by atoms with E-state index in [9.17, 15) is 0 Å². The van der Waals surface area contributed by atoms with Crippen molar-refractivity contribution in [2.75, 3.05) is 11.3 Å². The molecule has 1 aliphatic heterocycles. The fraction of sp³-hybridized carbons (Fsp3) is 1.00. The second kappa shape index (κ2) is 4.21. The fourth-order valence-electron chi connectivity index (χ4n) is 0.262. The molecule has 0 radical (unpaired) electrons. The van der Waals surface area contributed by atoms with Gasteiger partial charge in [0.05, 0.1) is 0 Å². The average molecular weight is 234 g/mol. The normalized spacial score (nSPS) is 22.0. The maximum absolute atomic E-state index is 4.11. The molecular formula is C3H6S6. The van der Waals surface area contributed by atoms with Gasteiger partial charge in [0.1, 0.15) is 0 Å². The van der Waals surface area contributed by atoms with Crippen molar-refractivity contribution < 1.29 is 0 Å². The summed E-state index contributed by atoms with van der Waals surface area (Å²) in [6, 6.07) is 0. The van der Waals surface area contributed by atoms with Crippen molar-refractivity contribution in [2.45, 2.75) is 2.74 Å². The van der Waals surface area contributed by atoms with Crippen LogP contribution < -0.4 is 0 Å². The van der Waals surface area contributed by atoms with Gasteiger partial charge < -0.3 is 0 Å². The predicted octanol–water partition coefficient (Wildman–Crippen LogP) is 3.62. The van der Waals surface area contributed by atoms with E-state index >= 15 is 0 Å². The lowest BCUT2D eigenvalue weighted by Crippen LogP contribution is -1.84. The van der Waals surface area contributed by atoms with Crippen molar-refractivity contribution in [3.05, 3.63) is 0 Å². The molecule has 0 atom stereocenters. The minimum absolute atomic E-state index is 0.424. The van der Waals surface area contributed by atoms with Crippen molar-refractivity contribution in [3.63, 3.8) is 0 Å². The minimum atomic E-state index is 0.424. The molecule has 0 nitrogen and oxygen atoms in total. The summed E-state index contributed by atoms with van der Waals surface area (Å²) in [7, 11) is 7.63. The first kappa shape index (κ1) is 9.19. The van der Waals surface area contributed by atoms with Crippen LogP contribution in [0.25, 0.3) is 0 Å². The van der Waals surface area contributed by atoms with Gasteiger partial charge in [-0.15, -0.1) is 11.8 Å². The summed E-state index contributed by atoms with van der Waals surface area (Å²) in [5.74, 6) is 0. The van der Waals surface area contributed by atoms with E-state index in [4.69, 9.17) is 0 Å². The average Bonchev–Trinajstić information content (AvgIpc) is 2.65. The molecule has 6 heteroatoms. The minimum Gasteiger partial charge on any atom is -0.167 e. The second-order valence-electron chi connectivity index (χ2n) is 1.20. The second-order valence-corrected chi connectivity index (χ2v) is 9.58. The molecule has 0 spiro atoms. The Hall–Kier alpha value is 2.10. The molecule has 54 valence electrons. The van der Waals surface area contributed by atoms with E-state index in [1.54, 1.807) is 0 Å². The largest absolute Gasteiger partial charge is 0.182 e. The van der Waals surface area contributed by atoms with Crippen LogP contribution in [0.5, 0.6) is 0 Å². The number of hydrogen-bond acceptors (Lipinski definition) is 6. The summed E-state index contributed by atoms with van der Waals surface area (Å²) >= 11 is 6.03.